The van der Waals surface area contributed by atoms with E-state index in [-0.39, 0.29) is 6.04 Å². The second-order valence-corrected chi connectivity index (χ2v) is 4.53. The van der Waals surface area contributed by atoms with Gasteiger partial charge in [0, 0.05) is 17.5 Å². The lowest BCUT2D eigenvalue weighted by molar-refractivity contribution is 0.326. The van der Waals surface area contributed by atoms with Gasteiger partial charge >= 0.3 is 0 Å². The van der Waals surface area contributed by atoms with E-state index < -0.39 is 0 Å². The van der Waals surface area contributed by atoms with Crippen LogP contribution in [-0.4, -0.2) is 12.1 Å². The fraction of sp³-hybridized carbons (Fsp3) is 0.538. The molecule has 1 aromatic carbocycles. The van der Waals surface area contributed by atoms with Crippen molar-refractivity contribution in [2.45, 2.75) is 44.3 Å². The minimum Gasteiger partial charge on any atom is -0.310 e. The first kappa shape index (κ1) is 12.0. The second kappa shape index (κ2) is 6.28. The van der Waals surface area contributed by atoms with Gasteiger partial charge in [-0.25, -0.2) is 0 Å². The number of hydrogen-bond donors (Lipinski definition) is 1. The van der Waals surface area contributed by atoms with Gasteiger partial charge in [0.15, 0.2) is 0 Å². The molecule has 2 unspecified atom stereocenters. The maximum absolute atomic E-state index is 8.55. The molecule has 90 valence electrons. The molecular weight excluding hydrogens is 212 g/mol. The summed E-state index contributed by atoms with van der Waals surface area (Å²) in [6.07, 6.45) is 4.52. The number of azide groups is 1. The summed E-state index contributed by atoms with van der Waals surface area (Å²) in [6, 6.07) is 10.8. The largest absolute Gasteiger partial charge is 0.310 e. The van der Waals surface area contributed by atoms with Crippen LogP contribution in [0.5, 0.6) is 0 Å². The highest BCUT2D eigenvalue weighted by Gasteiger charge is 2.23. The Morgan fingerprint density at radius 3 is 2.76 bits per heavy atom. The van der Waals surface area contributed by atoms with E-state index in [9.17, 15) is 0 Å². The van der Waals surface area contributed by atoms with Gasteiger partial charge in [-0.1, -0.05) is 48.3 Å². The predicted molar refractivity (Wildman–Crippen MR) is 68.5 cm³/mol. The van der Waals surface area contributed by atoms with E-state index in [0.717, 1.165) is 19.4 Å². The molecule has 1 N–H and O–H groups in total. The standard InChI is InChI=1S/C13H18N4/c14-17-16-13-9-5-4-8-12(13)15-10-11-6-2-1-3-7-11/h1-3,6-7,12-13,15H,4-5,8-10H2. The molecule has 17 heavy (non-hydrogen) atoms. The van der Waals surface area contributed by atoms with Gasteiger partial charge in [0.05, 0.1) is 6.04 Å². The van der Waals surface area contributed by atoms with Crippen molar-refractivity contribution in [1.29, 1.82) is 0 Å². The second-order valence-electron chi connectivity index (χ2n) is 4.53. The van der Waals surface area contributed by atoms with Gasteiger partial charge in [0.1, 0.15) is 0 Å². The summed E-state index contributed by atoms with van der Waals surface area (Å²) in [5.41, 5.74) is 9.83. The van der Waals surface area contributed by atoms with Crippen molar-refractivity contribution in [3.63, 3.8) is 0 Å². The third-order valence-electron chi connectivity index (χ3n) is 3.34. The van der Waals surface area contributed by atoms with E-state index in [0.29, 0.717) is 6.04 Å². The highest BCUT2D eigenvalue weighted by atomic mass is 15.2. The van der Waals surface area contributed by atoms with Crippen LogP contribution in [0.1, 0.15) is 31.2 Å². The molecule has 1 aliphatic carbocycles. The Bertz CT molecular complexity index is 384. The highest BCUT2D eigenvalue weighted by Crippen LogP contribution is 2.21. The lowest BCUT2D eigenvalue weighted by Crippen LogP contribution is -2.40. The van der Waals surface area contributed by atoms with E-state index in [1.807, 2.05) is 18.2 Å². The molecule has 2 atom stereocenters. The van der Waals surface area contributed by atoms with Crippen LogP contribution >= 0.6 is 0 Å². The monoisotopic (exact) mass is 230 g/mol. The SMILES string of the molecule is [N-]=[N+]=NC1CCCCC1NCc1ccccc1. The fourth-order valence-electron chi connectivity index (χ4n) is 2.40. The molecule has 0 amide bonds. The Kier molecular flexibility index (Phi) is 4.42. The quantitative estimate of drug-likeness (QED) is 0.481. The van der Waals surface area contributed by atoms with Crippen LogP contribution in [0.15, 0.2) is 35.4 Å². The average molecular weight is 230 g/mol. The molecule has 0 spiro atoms. The Morgan fingerprint density at radius 1 is 1.24 bits per heavy atom. The summed E-state index contributed by atoms with van der Waals surface area (Å²) in [6.45, 7) is 0.850. The summed E-state index contributed by atoms with van der Waals surface area (Å²) in [4.78, 5) is 2.95. The molecule has 0 heterocycles. The maximum Gasteiger partial charge on any atom is 0.0527 e. The Morgan fingerprint density at radius 2 is 2.00 bits per heavy atom. The number of rotatable bonds is 4. The number of nitrogens with one attached hydrogen (secondary N) is 1. The van der Waals surface area contributed by atoms with Gasteiger partial charge in [-0.05, 0) is 23.9 Å². The van der Waals surface area contributed by atoms with Gasteiger partial charge < -0.3 is 5.32 Å². The first-order valence-electron chi connectivity index (χ1n) is 6.21. The van der Waals surface area contributed by atoms with Gasteiger partial charge in [-0.3, -0.25) is 0 Å². The average Bonchev–Trinajstić information content (AvgIpc) is 2.39. The van der Waals surface area contributed by atoms with Gasteiger partial charge in [-0.2, -0.15) is 0 Å². The van der Waals surface area contributed by atoms with Gasteiger partial charge in [0.25, 0.3) is 0 Å². The Labute approximate surface area is 102 Å². The van der Waals surface area contributed by atoms with Crippen molar-refractivity contribution in [3.8, 4) is 0 Å². The molecule has 2 rings (SSSR count). The zero-order chi connectivity index (χ0) is 11.9. The summed E-state index contributed by atoms with van der Waals surface area (Å²) in [5.74, 6) is 0. The summed E-state index contributed by atoms with van der Waals surface area (Å²) >= 11 is 0. The minimum atomic E-state index is 0.123. The van der Waals surface area contributed by atoms with Crippen molar-refractivity contribution in [2.24, 2.45) is 5.11 Å². The van der Waals surface area contributed by atoms with Crippen molar-refractivity contribution in [1.82, 2.24) is 5.32 Å². The normalized spacial score (nSPS) is 24.0. The van der Waals surface area contributed by atoms with Crippen LogP contribution in [0.3, 0.4) is 0 Å². The first-order valence-corrected chi connectivity index (χ1v) is 6.21. The molecule has 1 aromatic rings. The van der Waals surface area contributed by atoms with Crippen molar-refractivity contribution >= 4 is 0 Å². The lowest BCUT2D eigenvalue weighted by Gasteiger charge is -2.29. The van der Waals surface area contributed by atoms with Crippen molar-refractivity contribution < 1.29 is 0 Å². The van der Waals surface area contributed by atoms with E-state index in [1.54, 1.807) is 0 Å². The van der Waals surface area contributed by atoms with Crippen LogP contribution in [0, 0.1) is 0 Å². The van der Waals surface area contributed by atoms with Crippen LogP contribution < -0.4 is 5.32 Å². The zero-order valence-corrected chi connectivity index (χ0v) is 9.92. The van der Waals surface area contributed by atoms with Crippen LogP contribution in [0.25, 0.3) is 10.4 Å². The van der Waals surface area contributed by atoms with Crippen molar-refractivity contribution in [2.75, 3.05) is 0 Å². The molecule has 4 nitrogen and oxygen atoms in total. The molecule has 0 aromatic heterocycles. The fourth-order valence-corrected chi connectivity index (χ4v) is 2.40. The number of nitrogens with zero attached hydrogens (tertiary/aromatic N) is 3. The smallest absolute Gasteiger partial charge is 0.0527 e. The van der Waals surface area contributed by atoms with E-state index in [2.05, 4.69) is 27.5 Å². The third-order valence-corrected chi connectivity index (χ3v) is 3.34. The zero-order valence-electron chi connectivity index (χ0n) is 9.92. The molecule has 1 fully saturated rings. The van der Waals surface area contributed by atoms with E-state index in [1.165, 1.54) is 18.4 Å². The van der Waals surface area contributed by atoms with Crippen LogP contribution in [0.2, 0.25) is 0 Å². The molecule has 0 aliphatic heterocycles. The Hall–Kier alpha value is -1.51. The molecule has 1 saturated carbocycles. The molecule has 0 saturated heterocycles. The molecule has 1 aliphatic rings. The predicted octanol–water partition coefficient (Wildman–Crippen LogP) is 3.40. The summed E-state index contributed by atoms with van der Waals surface area (Å²) < 4.78 is 0. The van der Waals surface area contributed by atoms with Crippen molar-refractivity contribution in [3.05, 3.63) is 46.3 Å². The number of hydrogen-bond acceptors (Lipinski definition) is 2. The van der Waals surface area contributed by atoms with Crippen LogP contribution in [0.4, 0.5) is 0 Å². The summed E-state index contributed by atoms with van der Waals surface area (Å²) in [7, 11) is 0. The molecule has 4 heteroatoms. The molecular formula is C13H18N4. The minimum absolute atomic E-state index is 0.123. The topological polar surface area (TPSA) is 60.8 Å². The van der Waals surface area contributed by atoms with E-state index in [4.69, 9.17) is 5.53 Å². The molecule has 0 radical (unpaired) electrons. The highest BCUT2D eigenvalue weighted by molar-refractivity contribution is 5.14. The van der Waals surface area contributed by atoms with Crippen LogP contribution in [-0.2, 0) is 6.54 Å². The van der Waals surface area contributed by atoms with Gasteiger partial charge in [-0.15, -0.1) is 0 Å². The third kappa shape index (κ3) is 3.48. The maximum atomic E-state index is 8.55. The lowest BCUT2D eigenvalue weighted by atomic mass is 9.91. The van der Waals surface area contributed by atoms with E-state index >= 15 is 0 Å². The first-order chi connectivity index (χ1) is 8.40. The van der Waals surface area contributed by atoms with Gasteiger partial charge in [0.2, 0.25) is 0 Å². The molecule has 0 bridgehead atoms. The summed E-state index contributed by atoms with van der Waals surface area (Å²) in [5, 5.41) is 7.40. The number of benzene rings is 1. The Balaban J connectivity index is 1.90.